The molecular formula is C8H12F3NO4. The van der Waals surface area contributed by atoms with Gasteiger partial charge in [0.1, 0.15) is 0 Å². The molecule has 0 saturated heterocycles. The van der Waals surface area contributed by atoms with Crippen LogP contribution in [0.15, 0.2) is 0 Å². The third-order valence-electron chi connectivity index (χ3n) is 1.62. The predicted octanol–water partition coefficient (Wildman–Crippen LogP) is 0.402. The number of hydrogen-bond acceptors (Lipinski definition) is 4. The summed E-state index contributed by atoms with van der Waals surface area (Å²) < 4.78 is 40.8. The van der Waals surface area contributed by atoms with E-state index in [9.17, 15) is 22.8 Å². The summed E-state index contributed by atoms with van der Waals surface area (Å²) in [6, 6.07) is 0. The topological polar surface area (TPSA) is 75.6 Å². The predicted molar refractivity (Wildman–Crippen MR) is 46.7 cm³/mol. The summed E-state index contributed by atoms with van der Waals surface area (Å²) in [6.45, 7) is 0.348. The molecule has 0 aromatic heterocycles. The van der Waals surface area contributed by atoms with Crippen molar-refractivity contribution >= 4 is 11.9 Å². The van der Waals surface area contributed by atoms with E-state index in [0.717, 1.165) is 0 Å². The lowest BCUT2D eigenvalue weighted by Crippen LogP contribution is -2.40. The van der Waals surface area contributed by atoms with Crippen molar-refractivity contribution in [2.24, 2.45) is 5.92 Å². The molecule has 5 nitrogen and oxygen atoms in total. The van der Waals surface area contributed by atoms with Gasteiger partial charge in [0, 0.05) is 6.54 Å². The van der Waals surface area contributed by atoms with Crippen LogP contribution in [0.3, 0.4) is 0 Å². The third kappa shape index (κ3) is 5.54. The van der Waals surface area contributed by atoms with E-state index in [-0.39, 0.29) is 6.61 Å². The molecule has 1 atom stereocenters. The van der Waals surface area contributed by atoms with Gasteiger partial charge in [-0.05, 0) is 6.92 Å². The molecule has 0 aliphatic rings. The fourth-order valence-corrected chi connectivity index (χ4v) is 0.874. The first kappa shape index (κ1) is 14.7. The lowest BCUT2D eigenvalue weighted by molar-refractivity contribution is -0.192. The summed E-state index contributed by atoms with van der Waals surface area (Å²) in [5, 5.41) is 10.4. The Bertz CT molecular complexity index is 254. The van der Waals surface area contributed by atoms with Gasteiger partial charge in [0.25, 0.3) is 0 Å². The second-order valence-electron chi connectivity index (χ2n) is 2.87. The largest absolute Gasteiger partial charge is 0.481 e. The van der Waals surface area contributed by atoms with Crippen LogP contribution in [0.4, 0.5) is 13.2 Å². The monoisotopic (exact) mass is 243 g/mol. The van der Waals surface area contributed by atoms with E-state index in [4.69, 9.17) is 5.11 Å². The highest BCUT2D eigenvalue weighted by Crippen LogP contribution is 2.25. The smallest absolute Gasteiger partial charge is 0.403 e. The number of nitrogens with one attached hydrogen (secondary N) is 1. The van der Waals surface area contributed by atoms with Gasteiger partial charge in [0.05, 0.1) is 13.2 Å². The molecule has 0 aliphatic heterocycles. The zero-order valence-electron chi connectivity index (χ0n) is 8.50. The van der Waals surface area contributed by atoms with Crippen LogP contribution in [0.25, 0.3) is 0 Å². The van der Waals surface area contributed by atoms with E-state index < -0.39 is 37.1 Å². The van der Waals surface area contributed by atoms with Crippen molar-refractivity contribution in [3.05, 3.63) is 0 Å². The highest BCUT2D eigenvalue weighted by molar-refractivity contribution is 5.72. The summed E-state index contributed by atoms with van der Waals surface area (Å²) in [6.07, 6.45) is -4.84. The number of esters is 1. The minimum Gasteiger partial charge on any atom is -0.481 e. The number of carboxylic acid groups (broad SMARTS) is 1. The molecule has 94 valence electrons. The molecule has 16 heavy (non-hydrogen) atoms. The minimum atomic E-state index is -4.84. The number of halogens is 3. The van der Waals surface area contributed by atoms with Crippen LogP contribution in [0.1, 0.15) is 6.92 Å². The molecule has 0 spiro atoms. The van der Waals surface area contributed by atoms with Crippen molar-refractivity contribution in [2.75, 3.05) is 19.7 Å². The van der Waals surface area contributed by atoms with E-state index in [1.165, 1.54) is 0 Å². The normalized spacial score (nSPS) is 13.2. The fraction of sp³-hybridized carbons (Fsp3) is 0.750. The standard InChI is InChI=1S/C8H12F3NO4/c1-2-16-6(13)4-12-3-5(7(14)15)8(9,10)11/h5,12H,2-4H2,1H3,(H,14,15). The fourth-order valence-electron chi connectivity index (χ4n) is 0.874. The molecule has 0 bridgehead atoms. The Hall–Kier alpha value is -1.31. The van der Waals surface area contributed by atoms with Crippen molar-refractivity contribution in [3.63, 3.8) is 0 Å². The Kier molecular flexibility index (Phi) is 5.79. The van der Waals surface area contributed by atoms with Crippen LogP contribution in [-0.4, -0.2) is 42.9 Å². The molecule has 0 heterocycles. The summed E-state index contributed by atoms with van der Waals surface area (Å²) in [4.78, 5) is 21.0. The number of hydrogen-bond donors (Lipinski definition) is 2. The molecule has 0 aromatic rings. The Labute approximate surface area is 89.6 Å². The van der Waals surface area contributed by atoms with Crippen molar-refractivity contribution in [2.45, 2.75) is 13.1 Å². The molecule has 0 rings (SSSR count). The van der Waals surface area contributed by atoms with Gasteiger partial charge in [-0.3, -0.25) is 9.59 Å². The molecule has 0 aromatic carbocycles. The zero-order valence-corrected chi connectivity index (χ0v) is 8.50. The zero-order chi connectivity index (χ0) is 12.8. The first-order chi connectivity index (χ1) is 7.29. The van der Waals surface area contributed by atoms with Gasteiger partial charge in [-0.25, -0.2) is 0 Å². The quantitative estimate of drug-likeness (QED) is 0.660. The summed E-state index contributed by atoms with van der Waals surface area (Å²) in [5.41, 5.74) is 0. The van der Waals surface area contributed by atoms with Gasteiger partial charge in [0.2, 0.25) is 0 Å². The van der Waals surface area contributed by atoms with E-state index >= 15 is 0 Å². The second kappa shape index (κ2) is 6.31. The van der Waals surface area contributed by atoms with Crippen LogP contribution >= 0.6 is 0 Å². The summed E-state index contributed by atoms with van der Waals surface area (Å²) in [5.74, 6) is -5.24. The maximum Gasteiger partial charge on any atom is 0.403 e. The third-order valence-corrected chi connectivity index (χ3v) is 1.62. The van der Waals surface area contributed by atoms with E-state index in [1.807, 2.05) is 0 Å². The van der Waals surface area contributed by atoms with Gasteiger partial charge in [-0.1, -0.05) is 0 Å². The molecule has 2 N–H and O–H groups in total. The molecule has 0 amide bonds. The second-order valence-corrected chi connectivity index (χ2v) is 2.87. The minimum absolute atomic E-state index is 0.113. The molecule has 8 heteroatoms. The molecule has 1 unspecified atom stereocenters. The van der Waals surface area contributed by atoms with Crippen LogP contribution in [-0.2, 0) is 14.3 Å². The van der Waals surface area contributed by atoms with Gasteiger partial charge >= 0.3 is 18.1 Å². The lowest BCUT2D eigenvalue weighted by atomic mass is 10.1. The average molecular weight is 243 g/mol. The summed E-state index contributed by atoms with van der Waals surface area (Å²) in [7, 11) is 0. The van der Waals surface area contributed by atoms with Crippen LogP contribution in [0, 0.1) is 5.92 Å². The van der Waals surface area contributed by atoms with Gasteiger partial charge in [0.15, 0.2) is 5.92 Å². The maximum atomic E-state index is 12.1. The Morgan fingerprint density at radius 1 is 1.44 bits per heavy atom. The van der Waals surface area contributed by atoms with Gasteiger partial charge in [-0.2, -0.15) is 13.2 Å². The van der Waals surface area contributed by atoms with Crippen molar-refractivity contribution in [1.29, 1.82) is 0 Å². The van der Waals surface area contributed by atoms with Crippen LogP contribution < -0.4 is 5.32 Å². The first-order valence-corrected chi connectivity index (χ1v) is 4.44. The molecule has 0 fully saturated rings. The van der Waals surface area contributed by atoms with E-state index in [1.54, 1.807) is 6.92 Å². The maximum absolute atomic E-state index is 12.1. The number of alkyl halides is 3. The first-order valence-electron chi connectivity index (χ1n) is 4.44. The summed E-state index contributed by atoms with van der Waals surface area (Å²) >= 11 is 0. The Morgan fingerprint density at radius 3 is 2.38 bits per heavy atom. The number of rotatable bonds is 6. The van der Waals surface area contributed by atoms with Crippen molar-refractivity contribution in [3.8, 4) is 0 Å². The Balaban J connectivity index is 4.05. The number of carboxylic acids is 1. The van der Waals surface area contributed by atoms with E-state index in [0.29, 0.717) is 0 Å². The van der Waals surface area contributed by atoms with Crippen molar-refractivity contribution < 1.29 is 32.6 Å². The van der Waals surface area contributed by atoms with Gasteiger partial charge in [-0.15, -0.1) is 0 Å². The molecule has 0 saturated carbocycles. The van der Waals surface area contributed by atoms with Crippen LogP contribution in [0.2, 0.25) is 0 Å². The highest BCUT2D eigenvalue weighted by atomic mass is 19.4. The van der Waals surface area contributed by atoms with Gasteiger partial charge < -0.3 is 15.2 Å². The van der Waals surface area contributed by atoms with Crippen molar-refractivity contribution in [1.82, 2.24) is 5.32 Å². The van der Waals surface area contributed by atoms with E-state index in [2.05, 4.69) is 10.1 Å². The van der Waals surface area contributed by atoms with Crippen LogP contribution in [0.5, 0.6) is 0 Å². The SMILES string of the molecule is CCOC(=O)CNCC(C(=O)O)C(F)(F)F. The average Bonchev–Trinajstić information content (AvgIpc) is 2.10. The molecular weight excluding hydrogens is 231 g/mol. The highest BCUT2D eigenvalue weighted by Gasteiger charge is 2.44. The molecule has 0 aliphatic carbocycles. The molecule has 0 radical (unpaired) electrons. The number of aliphatic carboxylic acids is 1. The number of ether oxygens (including phenoxy) is 1. The Morgan fingerprint density at radius 2 is 2.00 bits per heavy atom. The number of carbonyl (C=O) groups excluding carboxylic acids is 1. The lowest BCUT2D eigenvalue weighted by Gasteiger charge is -2.16. The number of carbonyl (C=O) groups is 2.